The smallest absolute Gasteiger partial charge is 0.142 e. The zero-order valence-electron chi connectivity index (χ0n) is 13.6. The van der Waals surface area contributed by atoms with Gasteiger partial charge in [0.15, 0.2) is 0 Å². The molecule has 0 radical (unpaired) electrons. The van der Waals surface area contributed by atoms with E-state index in [1.165, 1.54) is 7.11 Å². The number of rotatable bonds is 7. The molecule has 0 aliphatic rings. The molecule has 0 fully saturated rings. The summed E-state index contributed by atoms with van der Waals surface area (Å²) in [4.78, 5) is 10.2. The van der Waals surface area contributed by atoms with Crippen LogP contribution in [-0.2, 0) is 16.3 Å². The molecule has 2 rings (SSSR count). The van der Waals surface area contributed by atoms with Crippen molar-refractivity contribution in [2.75, 3.05) is 13.7 Å². The second-order valence-electron chi connectivity index (χ2n) is 4.99. The van der Waals surface area contributed by atoms with Crippen molar-refractivity contribution in [3.63, 3.8) is 0 Å². The summed E-state index contributed by atoms with van der Waals surface area (Å²) in [6.45, 7) is 1.89. The average Bonchev–Trinajstić information content (AvgIpc) is 2.61. The van der Waals surface area contributed by atoms with Crippen LogP contribution in [0, 0.1) is 0 Å². The van der Waals surface area contributed by atoms with Crippen molar-refractivity contribution >= 4 is 23.0 Å². The monoisotopic (exact) mass is 346 g/mol. The Labute approximate surface area is 146 Å². The number of hydrogen-bond acceptors (Lipinski definition) is 5. The maximum atomic E-state index is 9.43. The first-order valence-electron chi connectivity index (χ1n) is 7.37. The third-order valence-corrected chi connectivity index (χ3v) is 3.62. The first kappa shape index (κ1) is 18.0. The third kappa shape index (κ3) is 4.81. The Balaban J connectivity index is 2.11. The van der Waals surface area contributed by atoms with Gasteiger partial charge in [-0.05, 0) is 24.6 Å². The van der Waals surface area contributed by atoms with Gasteiger partial charge in [-0.25, -0.2) is 0 Å². The van der Waals surface area contributed by atoms with Crippen molar-refractivity contribution < 1.29 is 14.8 Å². The minimum Gasteiger partial charge on any atom is -0.399 e. The van der Waals surface area contributed by atoms with Crippen molar-refractivity contribution in [2.24, 2.45) is 10.3 Å². The highest BCUT2D eigenvalue weighted by molar-refractivity contribution is 6.30. The van der Waals surface area contributed by atoms with E-state index in [1.54, 1.807) is 12.1 Å². The van der Waals surface area contributed by atoms with Crippen LogP contribution in [0.25, 0.3) is 0 Å². The molecule has 0 saturated carbocycles. The van der Waals surface area contributed by atoms with Gasteiger partial charge in [0.1, 0.15) is 19.4 Å². The molecular weight excluding hydrogens is 328 g/mol. The number of aliphatic hydroxyl groups excluding tert-OH is 1. The highest BCUT2D eigenvalue weighted by Crippen LogP contribution is 2.14. The van der Waals surface area contributed by atoms with Crippen molar-refractivity contribution in [3.05, 3.63) is 70.2 Å². The molecule has 0 spiro atoms. The molecule has 0 saturated heterocycles. The Bertz CT molecular complexity index is 727. The predicted molar refractivity (Wildman–Crippen MR) is 95.5 cm³/mol. The summed E-state index contributed by atoms with van der Waals surface area (Å²) in [5.41, 5.74) is 3.74. The van der Waals surface area contributed by atoms with E-state index in [0.717, 1.165) is 22.4 Å². The first-order valence-corrected chi connectivity index (χ1v) is 7.75. The third-order valence-electron chi connectivity index (χ3n) is 3.36. The Morgan fingerprint density at radius 2 is 1.79 bits per heavy atom. The van der Waals surface area contributed by atoms with Crippen LogP contribution in [0.2, 0.25) is 5.02 Å². The van der Waals surface area contributed by atoms with E-state index in [2.05, 4.69) is 10.3 Å². The summed E-state index contributed by atoms with van der Waals surface area (Å²) < 4.78 is 0. The van der Waals surface area contributed by atoms with Gasteiger partial charge in [0, 0.05) is 16.1 Å². The second kappa shape index (κ2) is 9.05. The van der Waals surface area contributed by atoms with E-state index >= 15 is 0 Å². The van der Waals surface area contributed by atoms with Gasteiger partial charge in [-0.15, -0.1) is 0 Å². The summed E-state index contributed by atoms with van der Waals surface area (Å²) in [5.74, 6) is 0. The minimum atomic E-state index is -0.224. The summed E-state index contributed by atoms with van der Waals surface area (Å²) in [6, 6.07) is 14.9. The van der Waals surface area contributed by atoms with Crippen LogP contribution in [0.5, 0.6) is 0 Å². The van der Waals surface area contributed by atoms with Crippen LogP contribution in [-0.4, -0.2) is 30.2 Å². The Kier molecular flexibility index (Phi) is 6.78. The van der Waals surface area contributed by atoms with Crippen LogP contribution in [0.3, 0.4) is 0 Å². The molecule has 6 heteroatoms. The fraction of sp³-hybridized carbons (Fsp3) is 0.222. The van der Waals surface area contributed by atoms with Gasteiger partial charge in [-0.1, -0.05) is 58.3 Å². The first-order chi connectivity index (χ1) is 11.7. The van der Waals surface area contributed by atoms with E-state index in [4.69, 9.17) is 21.3 Å². The van der Waals surface area contributed by atoms with Crippen molar-refractivity contribution in [1.82, 2.24) is 0 Å². The zero-order chi connectivity index (χ0) is 17.4. The Morgan fingerprint density at radius 1 is 1.08 bits per heavy atom. The van der Waals surface area contributed by atoms with Crippen molar-refractivity contribution in [3.8, 4) is 0 Å². The molecule has 24 heavy (non-hydrogen) atoms. The maximum Gasteiger partial charge on any atom is 0.142 e. The summed E-state index contributed by atoms with van der Waals surface area (Å²) >= 11 is 5.87. The molecule has 0 unspecified atom stereocenters. The lowest BCUT2D eigenvalue weighted by molar-refractivity contribution is 0.130. The second-order valence-corrected chi connectivity index (χ2v) is 5.43. The molecule has 5 nitrogen and oxygen atoms in total. The molecular formula is C18H19ClN2O3. The van der Waals surface area contributed by atoms with Crippen LogP contribution in [0.1, 0.15) is 23.6 Å². The van der Waals surface area contributed by atoms with Gasteiger partial charge >= 0.3 is 0 Å². The lowest BCUT2D eigenvalue weighted by Crippen LogP contribution is -2.10. The number of aliphatic hydroxyl groups is 1. The highest BCUT2D eigenvalue weighted by atomic mass is 35.5. The van der Waals surface area contributed by atoms with Gasteiger partial charge in [-0.3, -0.25) is 0 Å². The van der Waals surface area contributed by atoms with Crippen LogP contribution in [0.15, 0.2) is 58.8 Å². The van der Waals surface area contributed by atoms with Gasteiger partial charge in [0.2, 0.25) is 0 Å². The molecule has 2 aromatic carbocycles. The Hall–Kier alpha value is -2.37. The van der Waals surface area contributed by atoms with Crippen molar-refractivity contribution in [1.29, 1.82) is 0 Å². The number of halogens is 1. The summed E-state index contributed by atoms with van der Waals surface area (Å²) in [7, 11) is 1.44. The largest absolute Gasteiger partial charge is 0.399 e. The zero-order valence-corrected chi connectivity index (χ0v) is 14.3. The van der Waals surface area contributed by atoms with E-state index < -0.39 is 0 Å². The molecule has 0 bridgehead atoms. The maximum absolute atomic E-state index is 9.43. The molecule has 1 N–H and O–H groups in total. The number of oxime groups is 2. The molecule has 0 aliphatic heterocycles. The van der Waals surface area contributed by atoms with E-state index in [-0.39, 0.29) is 13.2 Å². The van der Waals surface area contributed by atoms with Gasteiger partial charge in [-0.2, -0.15) is 0 Å². The van der Waals surface area contributed by atoms with E-state index in [1.807, 2.05) is 43.3 Å². The molecule has 126 valence electrons. The standard InChI is InChI=1S/C18H19ClN2O3/c1-13(14-7-9-16(19)10-8-14)20-24-12-15-5-3-4-6-17(15)18(11-22)21-23-2/h3-10,22H,11-12H2,1-2H3. The van der Waals surface area contributed by atoms with Crippen LogP contribution >= 0.6 is 11.6 Å². The quantitative estimate of drug-likeness (QED) is 0.615. The predicted octanol–water partition coefficient (Wildman–Crippen LogP) is 3.62. The van der Waals surface area contributed by atoms with Crippen molar-refractivity contribution in [2.45, 2.75) is 13.5 Å². The molecule has 0 heterocycles. The SMILES string of the molecule is CON=C(CO)c1ccccc1CON=C(C)c1ccc(Cl)cc1. The van der Waals surface area contributed by atoms with Gasteiger partial charge in [0.25, 0.3) is 0 Å². The minimum absolute atomic E-state index is 0.224. The fourth-order valence-electron chi connectivity index (χ4n) is 2.14. The molecule has 0 aromatic heterocycles. The molecule has 0 amide bonds. The molecule has 0 aliphatic carbocycles. The number of benzene rings is 2. The van der Waals surface area contributed by atoms with Gasteiger partial charge < -0.3 is 14.8 Å². The van der Waals surface area contributed by atoms with Gasteiger partial charge in [0.05, 0.1) is 12.3 Å². The Morgan fingerprint density at radius 3 is 2.46 bits per heavy atom. The number of nitrogens with zero attached hydrogens (tertiary/aromatic N) is 2. The fourth-order valence-corrected chi connectivity index (χ4v) is 2.27. The normalized spacial score (nSPS) is 12.2. The topological polar surface area (TPSA) is 63.4 Å². The lowest BCUT2D eigenvalue weighted by atomic mass is 10.0. The van der Waals surface area contributed by atoms with E-state index in [9.17, 15) is 5.11 Å². The van der Waals surface area contributed by atoms with E-state index in [0.29, 0.717) is 10.7 Å². The van der Waals surface area contributed by atoms with Crippen LogP contribution < -0.4 is 0 Å². The lowest BCUT2D eigenvalue weighted by Gasteiger charge is -2.09. The van der Waals surface area contributed by atoms with Crippen LogP contribution in [0.4, 0.5) is 0 Å². The molecule has 0 atom stereocenters. The summed E-state index contributed by atoms with van der Waals surface area (Å²) in [5, 5.41) is 18.1. The number of hydrogen-bond donors (Lipinski definition) is 1. The average molecular weight is 347 g/mol. The summed E-state index contributed by atoms with van der Waals surface area (Å²) in [6.07, 6.45) is 0. The highest BCUT2D eigenvalue weighted by Gasteiger charge is 2.09. The molecule has 2 aromatic rings.